The van der Waals surface area contributed by atoms with Gasteiger partial charge < -0.3 is 29.3 Å². The van der Waals surface area contributed by atoms with Gasteiger partial charge in [-0.15, -0.1) is 0 Å². The molecule has 1 saturated heterocycles. The Labute approximate surface area is 235 Å². The number of rotatable bonds is 14. The van der Waals surface area contributed by atoms with Gasteiger partial charge in [0, 0.05) is 38.6 Å². The summed E-state index contributed by atoms with van der Waals surface area (Å²) < 4.78 is 16.2. The van der Waals surface area contributed by atoms with Gasteiger partial charge in [-0.3, -0.25) is 14.4 Å². The highest BCUT2D eigenvalue weighted by Gasteiger charge is 2.53. The number of nitrogens with zero attached hydrogens (tertiary/aromatic N) is 1. The van der Waals surface area contributed by atoms with Crippen molar-refractivity contribution in [3.05, 3.63) is 35.4 Å². The van der Waals surface area contributed by atoms with Gasteiger partial charge in [0.25, 0.3) is 5.60 Å². The number of ether oxygens (including phenoxy) is 3. The molecule has 220 valence electrons. The Morgan fingerprint density at radius 3 is 2.65 bits per heavy atom. The molecular formula is C29H41N3O8. The number of carbonyl (C=O) groups excluding carboxylic acids is 4. The molecule has 2 unspecified atom stereocenters. The SMILES string of the molecule is COCCOC(=O)[C@]1(C(=O)CCCON)Cc2cc(/C=C/C(=O)NC(C(=O)N3CCCC3C)C(C)C)ccc2O1. The number of nitrogens with one attached hydrogen (secondary N) is 1. The third-order valence-corrected chi connectivity index (χ3v) is 7.27. The summed E-state index contributed by atoms with van der Waals surface area (Å²) in [5.41, 5.74) is -0.513. The molecule has 1 aromatic rings. The first-order valence-electron chi connectivity index (χ1n) is 13.7. The van der Waals surface area contributed by atoms with Crippen molar-refractivity contribution in [1.29, 1.82) is 0 Å². The van der Waals surface area contributed by atoms with Crippen LogP contribution in [0.3, 0.4) is 0 Å². The van der Waals surface area contributed by atoms with E-state index in [4.69, 9.17) is 20.1 Å². The molecule has 0 saturated carbocycles. The minimum Gasteiger partial charge on any atom is -0.467 e. The number of fused-ring (bicyclic) bond motifs is 1. The number of likely N-dealkylation sites (tertiary alicyclic amines) is 1. The van der Waals surface area contributed by atoms with E-state index < -0.39 is 23.4 Å². The highest BCUT2D eigenvalue weighted by atomic mass is 16.6. The summed E-state index contributed by atoms with van der Waals surface area (Å²) in [6, 6.07) is 4.68. The Morgan fingerprint density at radius 1 is 1.23 bits per heavy atom. The van der Waals surface area contributed by atoms with Crippen LogP contribution >= 0.6 is 0 Å². The van der Waals surface area contributed by atoms with Crippen LogP contribution in [0.2, 0.25) is 0 Å². The lowest BCUT2D eigenvalue weighted by atomic mass is 9.89. The van der Waals surface area contributed by atoms with Crippen molar-refractivity contribution in [2.24, 2.45) is 11.8 Å². The topological polar surface area (TPSA) is 146 Å². The van der Waals surface area contributed by atoms with Gasteiger partial charge in [-0.25, -0.2) is 10.7 Å². The van der Waals surface area contributed by atoms with E-state index in [0.29, 0.717) is 29.8 Å². The molecule has 0 aromatic heterocycles. The van der Waals surface area contributed by atoms with Crippen LogP contribution in [0, 0.1) is 5.92 Å². The second-order valence-electron chi connectivity index (χ2n) is 10.6. The van der Waals surface area contributed by atoms with E-state index in [-0.39, 0.29) is 56.4 Å². The molecular weight excluding hydrogens is 518 g/mol. The van der Waals surface area contributed by atoms with Gasteiger partial charge >= 0.3 is 5.97 Å². The van der Waals surface area contributed by atoms with Crippen LogP contribution in [0.1, 0.15) is 57.6 Å². The number of hydrogen-bond donors (Lipinski definition) is 2. The normalized spacial score (nSPS) is 20.9. The van der Waals surface area contributed by atoms with Crippen LogP contribution < -0.4 is 16.0 Å². The Hall–Kier alpha value is -3.28. The number of hydrogen-bond acceptors (Lipinski definition) is 9. The average molecular weight is 560 g/mol. The predicted octanol–water partition coefficient (Wildman–Crippen LogP) is 1.95. The third-order valence-electron chi connectivity index (χ3n) is 7.27. The molecule has 0 aliphatic carbocycles. The first kappa shape index (κ1) is 31.3. The van der Waals surface area contributed by atoms with Crippen molar-refractivity contribution < 1.29 is 38.2 Å². The zero-order valence-electron chi connectivity index (χ0n) is 23.8. The van der Waals surface area contributed by atoms with Gasteiger partial charge in [-0.2, -0.15) is 0 Å². The van der Waals surface area contributed by atoms with Crippen LogP contribution in [0.15, 0.2) is 24.3 Å². The van der Waals surface area contributed by atoms with E-state index in [9.17, 15) is 19.2 Å². The molecule has 3 N–H and O–H groups in total. The molecule has 2 aliphatic heterocycles. The predicted molar refractivity (Wildman–Crippen MR) is 147 cm³/mol. The van der Waals surface area contributed by atoms with Crippen molar-refractivity contribution in [2.45, 2.75) is 70.6 Å². The maximum Gasteiger partial charge on any atom is 0.358 e. The second kappa shape index (κ2) is 14.4. The first-order chi connectivity index (χ1) is 19.1. The van der Waals surface area contributed by atoms with E-state index in [2.05, 4.69) is 10.2 Å². The fourth-order valence-electron chi connectivity index (χ4n) is 4.99. The number of Topliss-reactive ketones (excluding diaryl/α,β-unsaturated/α-hetero) is 1. The largest absolute Gasteiger partial charge is 0.467 e. The van der Waals surface area contributed by atoms with E-state index in [1.807, 2.05) is 25.7 Å². The van der Waals surface area contributed by atoms with Crippen LogP contribution in [-0.2, 0) is 39.9 Å². The van der Waals surface area contributed by atoms with Gasteiger partial charge in [0.05, 0.1) is 13.2 Å². The molecule has 2 amide bonds. The Kier molecular flexibility index (Phi) is 11.2. The number of amides is 2. The Balaban J connectivity index is 1.72. The van der Waals surface area contributed by atoms with E-state index in [1.165, 1.54) is 13.2 Å². The maximum atomic E-state index is 13.2. The van der Waals surface area contributed by atoms with Crippen molar-refractivity contribution in [1.82, 2.24) is 10.2 Å². The zero-order valence-corrected chi connectivity index (χ0v) is 23.8. The van der Waals surface area contributed by atoms with Crippen LogP contribution in [-0.4, -0.2) is 79.6 Å². The quantitative estimate of drug-likeness (QED) is 0.115. The highest BCUT2D eigenvalue weighted by molar-refractivity contribution is 6.08. The van der Waals surface area contributed by atoms with Crippen molar-refractivity contribution in [2.75, 3.05) is 33.5 Å². The van der Waals surface area contributed by atoms with Crippen LogP contribution in [0.4, 0.5) is 0 Å². The molecule has 1 aromatic carbocycles. The summed E-state index contributed by atoms with van der Waals surface area (Å²) in [4.78, 5) is 58.4. The minimum atomic E-state index is -1.82. The standard InChI is InChI=1S/C29H41N3O8/c1-19(2)26(27(35)32-13-5-7-20(32)3)31-25(34)12-10-21-9-11-23-22(17-21)18-29(40-23,24(33)8-6-14-39-30)28(36)38-16-15-37-4/h9-12,17,19-20,26H,5-8,13-16,18,30H2,1-4H3,(H,31,34)/b12-10+/t20?,26?,29-/m1/s1. The summed E-state index contributed by atoms with van der Waals surface area (Å²) in [6.45, 7) is 6.87. The lowest BCUT2D eigenvalue weighted by molar-refractivity contribution is -0.167. The average Bonchev–Trinajstić information content (AvgIpc) is 3.54. The molecule has 1 fully saturated rings. The summed E-state index contributed by atoms with van der Waals surface area (Å²) >= 11 is 0. The van der Waals surface area contributed by atoms with Crippen molar-refractivity contribution in [3.63, 3.8) is 0 Å². The molecule has 40 heavy (non-hydrogen) atoms. The molecule has 3 rings (SSSR count). The number of carbonyl (C=O) groups is 4. The fraction of sp³-hybridized carbons (Fsp3) is 0.586. The smallest absolute Gasteiger partial charge is 0.358 e. The fourth-order valence-corrected chi connectivity index (χ4v) is 4.99. The summed E-state index contributed by atoms with van der Waals surface area (Å²) in [5.74, 6) is 3.72. The molecule has 0 bridgehead atoms. The third kappa shape index (κ3) is 7.47. The maximum absolute atomic E-state index is 13.2. The lowest BCUT2D eigenvalue weighted by Gasteiger charge is -2.29. The van der Waals surface area contributed by atoms with Crippen molar-refractivity contribution >= 4 is 29.6 Å². The highest BCUT2D eigenvalue weighted by Crippen LogP contribution is 2.38. The Bertz CT molecular complexity index is 1080. The summed E-state index contributed by atoms with van der Waals surface area (Å²) in [5, 5.41) is 2.85. The summed E-state index contributed by atoms with van der Waals surface area (Å²) in [7, 11) is 1.48. The monoisotopic (exact) mass is 559 g/mol. The molecule has 11 heteroatoms. The van der Waals surface area contributed by atoms with E-state index >= 15 is 0 Å². The van der Waals surface area contributed by atoms with Crippen LogP contribution in [0.25, 0.3) is 6.08 Å². The lowest BCUT2D eigenvalue weighted by Crippen LogP contribution is -2.52. The Morgan fingerprint density at radius 2 is 2.00 bits per heavy atom. The van der Waals surface area contributed by atoms with E-state index in [1.54, 1.807) is 24.3 Å². The van der Waals surface area contributed by atoms with E-state index in [0.717, 1.165) is 12.8 Å². The molecule has 0 radical (unpaired) electrons. The van der Waals surface area contributed by atoms with Gasteiger partial charge in [0.15, 0.2) is 5.78 Å². The second-order valence-corrected chi connectivity index (χ2v) is 10.6. The zero-order chi connectivity index (χ0) is 29.3. The molecule has 11 nitrogen and oxygen atoms in total. The van der Waals surface area contributed by atoms with Gasteiger partial charge in [0.2, 0.25) is 11.8 Å². The van der Waals surface area contributed by atoms with Crippen molar-refractivity contribution in [3.8, 4) is 5.75 Å². The number of nitrogens with two attached hydrogens (primary N) is 1. The van der Waals surface area contributed by atoms with Gasteiger partial charge in [-0.1, -0.05) is 19.9 Å². The molecule has 2 aliphatic rings. The minimum absolute atomic E-state index is 0.0116. The number of benzene rings is 1. The van der Waals surface area contributed by atoms with Gasteiger partial charge in [-0.05, 0) is 61.4 Å². The molecule has 0 spiro atoms. The molecule has 2 heterocycles. The number of esters is 1. The summed E-state index contributed by atoms with van der Waals surface area (Å²) in [6.07, 6.45) is 5.25. The molecule has 3 atom stereocenters. The van der Waals surface area contributed by atoms with Gasteiger partial charge in [0.1, 0.15) is 18.4 Å². The first-order valence-corrected chi connectivity index (χ1v) is 13.7. The van der Waals surface area contributed by atoms with Crippen LogP contribution in [0.5, 0.6) is 5.75 Å². The number of methoxy groups -OCH3 is 1. The number of ketones is 1.